The lowest BCUT2D eigenvalue weighted by molar-refractivity contribution is 0.140. The van der Waals surface area contributed by atoms with Crippen LogP contribution in [0.5, 0.6) is 0 Å². The van der Waals surface area contributed by atoms with E-state index in [2.05, 4.69) is 20.1 Å². The number of likely N-dealkylation sites (tertiary alicyclic amines) is 1. The fraction of sp³-hybridized carbons (Fsp3) is 0.615. The van der Waals surface area contributed by atoms with Crippen LogP contribution in [0.4, 0.5) is 0 Å². The summed E-state index contributed by atoms with van der Waals surface area (Å²) >= 11 is 0. The lowest BCUT2D eigenvalue weighted by Crippen LogP contribution is -2.36. The highest BCUT2D eigenvalue weighted by Crippen LogP contribution is 2.20. The molecule has 0 N–H and O–H groups in total. The lowest BCUT2D eigenvalue weighted by Gasteiger charge is -2.31. The molecule has 3 rings (SSSR count). The van der Waals surface area contributed by atoms with E-state index in [0.29, 0.717) is 5.92 Å². The quantitative estimate of drug-likeness (QED) is 0.834. The van der Waals surface area contributed by atoms with E-state index in [-0.39, 0.29) is 0 Å². The molecule has 0 amide bonds. The second-order valence-corrected chi connectivity index (χ2v) is 5.30. The van der Waals surface area contributed by atoms with Crippen LogP contribution in [0, 0.1) is 12.8 Å². The van der Waals surface area contributed by atoms with Gasteiger partial charge in [-0.05, 0) is 32.2 Å². The van der Waals surface area contributed by atoms with Gasteiger partial charge in [0.1, 0.15) is 12.7 Å². The zero-order valence-electron chi connectivity index (χ0n) is 11.2. The van der Waals surface area contributed by atoms with Crippen LogP contribution in [-0.2, 0) is 13.1 Å². The number of piperidine rings is 1. The van der Waals surface area contributed by atoms with Crippen molar-refractivity contribution in [2.24, 2.45) is 5.92 Å². The number of hydrogen-bond acceptors (Lipinski definition) is 5. The van der Waals surface area contributed by atoms with Gasteiger partial charge in [0, 0.05) is 19.2 Å². The van der Waals surface area contributed by atoms with E-state index in [1.807, 2.05) is 17.7 Å². The summed E-state index contributed by atoms with van der Waals surface area (Å²) in [5, 5.41) is 8.12. The summed E-state index contributed by atoms with van der Waals surface area (Å²) in [5.41, 5.74) is 0.950. The van der Waals surface area contributed by atoms with Crippen molar-refractivity contribution in [2.45, 2.75) is 32.9 Å². The Morgan fingerprint density at radius 2 is 2.42 bits per heavy atom. The molecule has 3 heterocycles. The molecule has 1 aliphatic rings. The molecule has 1 aliphatic heterocycles. The van der Waals surface area contributed by atoms with Gasteiger partial charge in [-0.25, -0.2) is 4.98 Å². The van der Waals surface area contributed by atoms with Crippen molar-refractivity contribution >= 4 is 0 Å². The van der Waals surface area contributed by atoms with Gasteiger partial charge in [0.25, 0.3) is 0 Å². The molecule has 6 nitrogen and oxygen atoms in total. The van der Waals surface area contributed by atoms with E-state index in [9.17, 15) is 0 Å². The van der Waals surface area contributed by atoms with Gasteiger partial charge in [-0.15, -0.1) is 0 Å². The predicted molar refractivity (Wildman–Crippen MR) is 69.3 cm³/mol. The Balaban J connectivity index is 1.55. The van der Waals surface area contributed by atoms with Gasteiger partial charge in [0.15, 0.2) is 5.76 Å². The first-order valence-electron chi connectivity index (χ1n) is 6.76. The molecular formula is C13H19N5O. The van der Waals surface area contributed by atoms with Crippen LogP contribution in [0.15, 0.2) is 23.2 Å². The molecule has 2 aromatic heterocycles. The van der Waals surface area contributed by atoms with E-state index in [4.69, 9.17) is 4.52 Å². The van der Waals surface area contributed by atoms with Crippen LogP contribution in [0.2, 0.25) is 0 Å². The average Bonchev–Trinajstić information content (AvgIpc) is 3.02. The third kappa shape index (κ3) is 3.20. The zero-order chi connectivity index (χ0) is 13.1. The lowest BCUT2D eigenvalue weighted by atomic mass is 9.98. The molecule has 0 unspecified atom stereocenters. The molecule has 0 aromatic carbocycles. The van der Waals surface area contributed by atoms with E-state index in [1.54, 1.807) is 12.7 Å². The minimum Gasteiger partial charge on any atom is -0.360 e. The van der Waals surface area contributed by atoms with Gasteiger partial charge in [-0.2, -0.15) is 5.10 Å². The van der Waals surface area contributed by atoms with Crippen molar-refractivity contribution in [3.8, 4) is 0 Å². The van der Waals surface area contributed by atoms with Crippen LogP contribution < -0.4 is 0 Å². The molecule has 0 saturated carbocycles. The highest BCUT2D eigenvalue weighted by Gasteiger charge is 2.21. The SMILES string of the molecule is Cc1cc(CN2CCC[C@@H](Cn3cncn3)C2)on1. The minimum atomic E-state index is 0.638. The third-order valence-electron chi connectivity index (χ3n) is 3.57. The second kappa shape index (κ2) is 5.52. The Morgan fingerprint density at radius 1 is 1.47 bits per heavy atom. The molecule has 0 radical (unpaired) electrons. The molecule has 1 atom stereocenters. The first kappa shape index (κ1) is 12.3. The zero-order valence-corrected chi connectivity index (χ0v) is 11.2. The van der Waals surface area contributed by atoms with Crippen LogP contribution in [0.1, 0.15) is 24.3 Å². The fourth-order valence-electron chi connectivity index (χ4n) is 2.75. The Bertz CT molecular complexity index is 507. The number of rotatable bonds is 4. The smallest absolute Gasteiger partial charge is 0.150 e. The van der Waals surface area contributed by atoms with Crippen molar-refractivity contribution in [1.29, 1.82) is 0 Å². The molecule has 0 bridgehead atoms. The van der Waals surface area contributed by atoms with E-state index >= 15 is 0 Å². The Morgan fingerprint density at radius 3 is 3.16 bits per heavy atom. The maximum Gasteiger partial charge on any atom is 0.150 e. The van der Waals surface area contributed by atoms with Gasteiger partial charge in [-0.1, -0.05) is 5.16 Å². The standard InChI is InChI=1S/C13H19N5O/c1-11-5-13(19-16-11)8-17-4-2-3-12(6-17)7-18-10-14-9-15-18/h5,9-10,12H,2-4,6-8H2,1H3/t12-/m1/s1. The molecule has 0 aliphatic carbocycles. The van der Waals surface area contributed by atoms with E-state index in [1.165, 1.54) is 12.8 Å². The third-order valence-corrected chi connectivity index (χ3v) is 3.57. The number of hydrogen-bond donors (Lipinski definition) is 0. The summed E-state index contributed by atoms with van der Waals surface area (Å²) in [6.07, 6.45) is 5.87. The summed E-state index contributed by atoms with van der Waals surface area (Å²) in [4.78, 5) is 6.43. The second-order valence-electron chi connectivity index (χ2n) is 5.30. The molecule has 6 heteroatoms. The first-order valence-corrected chi connectivity index (χ1v) is 6.76. The van der Waals surface area contributed by atoms with E-state index in [0.717, 1.165) is 37.6 Å². The van der Waals surface area contributed by atoms with Gasteiger partial charge >= 0.3 is 0 Å². The minimum absolute atomic E-state index is 0.638. The van der Waals surface area contributed by atoms with Gasteiger partial charge < -0.3 is 4.52 Å². The van der Waals surface area contributed by atoms with Crippen LogP contribution in [0.3, 0.4) is 0 Å². The number of aromatic nitrogens is 4. The molecule has 0 spiro atoms. The van der Waals surface area contributed by atoms with Gasteiger partial charge in [-0.3, -0.25) is 9.58 Å². The summed E-state index contributed by atoms with van der Waals surface area (Å²) in [7, 11) is 0. The summed E-state index contributed by atoms with van der Waals surface area (Å²) in [6, 6.07) is 2.01. The van der Waals surface area contributed by atoms with Crippen LogP contribution >= 0.6 is 0 Å². The van der Waals surface area contributed by atoms with Gasteiger partial charge in [0.2, 0.25) is 0 Å². The topological polar surface area (TPSA) is 60.0 Å². The Labute approximate surface area is 112 Å². The molecule has 1 fully saturated rings. The molecule has 19 heavy (non-hydrogen) atoms. The Kier molecular flexibility index (Phi) is 3.59. The van der Waals surface area contributed by atoms with Crippen molar-refractivity contribution in [2.75, 3.05) is 13.1 Å². The summed E-state index contributed by atoms with van der Waals surface area (Å²) in [6.45, 7) is 5.98. The van der Waals surface area contributed by atoms with Crippen molar-refractivity contribution < 1.29 is 4.52 Å². The van der Waals surface area contributed by atoms with E-state index < -0.39 is 0 Å². The maximum atomic E-state index is 5.29. The largest absolute Gasteiger partial charge is 0.360 e. The summed E-state index contributed by atoms with van der Waals surface area (Å²) in [5.74, 6) is 1.60. The molecule has 102 valence electrons. The molecule has 2 aromatic rings. The normalized spacial score (nSPS) is 20.8. The van der Waals surface area contributed by atoms with Crippen LogP contribution in [-0.4, -0.2) is 37.9 Å². The molecule has 1 saturated heterocycles. The monoisotopic (exact) mass is 261 g/mol. The highest BCUT2D eigenvalue weighted by molar-refractivity contribution is 5.03. The number of nitrogens with zero attached hydrogens (tertiary/aromatic N) is 5. The molecular weight excluding hydrogens is 242 g/mol. The van der Waals surface area contributed by atoms with Crippen molar-refractivity contribution in [3.63, 3.8) is 0 Å². The van der Waals surface area contributed by atoms with Crippen LogP contribution in [0.25, 0.3) is 0 Å². The highest BCUT2D eigenvalue weighted by atomic mass is 16.5. The number of aryl methyl sites for hydroxylation is 1. The predicted octanol–water partition coefficient (Wildman–Crippen LogP) is 1.49. The maximum absolute atomic E-state index is 5.29. The van der Waals surface area contributed by atoms with Crippen molar-refractivity contribution in [3.05, 3.63) is 30.2 Å². The fourth-order valence-corrected chi connectivity index (χ4v) is 2.75. The first-order chi connectivity index (χ1) is 9.29. The van der Waals surface area contributed by atoms with Gasteiger partial charge in [0.05, 0.1) is 12.2 Å². The Hall–Kier alpha value is -1.69. The summed E-state index contributed by atoms with van der Waals surface area (Å²) < 4.78 is 7.21. The average molecular weight is 261 g/mol. The van der Waals surface area contributed by atoms with Crippen molar-refractivity contribution in [1.82, 2.24) is 24.8 Å².